The van der Waals surface area contributed by atoms with E-state index in [1.54, 1.807) is 27.8 Å². The lowest BCUT2D eigenvalue weighted by Gasteiger charge is -2.18. The van der Waals surface area contributed by atoms with E-state index in [9.17, 15) is 14.1 Å². The Morgan fingerprint density at radius 1 is 1.20 bits per heavy atom. The van der Waals surface area contributed by atoms with Crippen LogP contribution in [0.4, 0.5) is 10.5 Å². The number of carbonyl (C=O) groups excluding carboxylic acids is 1. The number of hydrogen-bond acceptors (Lipinski definition) is 4. The minimum Gasteiger partial charge on any atom is -0.385 e. The van der Waals surface area contributed by atoms with Crippen molar-refractivity contribution in [3.8, 4) is 0 Å². The average Bonchev–Trinajstić information content (AvgIpc) is 3.36. The van der Waals surface area contributed by atoms with Gasteiger partial charge >= 0.3 is 6.03 Å². The fraction of sp³-hybridized carbons (Fsp3) is 0.476. The maximum Gasteiger partial charge on any atom is 0.354 e. The van der Waals surface area contributed by atoms with Gasteiger partial charge < -0.3 is 10.4 Å². The van der Waals surface area contributed by atoms with Crippen LogP contribution in [0.1, 0.15) is 59.4 Å². The summed E-state index contributed by atoms with van der Waals surface area (Å²) in [5.74, 6) is 0. The lowest BCUT2D eigenvalue weighted by Crippen LogP contribution is -2.22. The molecule has 4 rings (SSSR count). The summed E-state index contributed by atoms with van der Waals surface area (Å²) >= 11 is 1.14. The first kappa shape index (κ1) is 21.6. The summed E-state index contributed by atoms with van der Waals surface area (Å²) < 4.78 is 17.4. The zero-order chi connectivity index (χ0) is 21.8. The Hall–Kier alpha value is -1.68. The van der Waals surface area contributed by atoms with Crippen LogP contribution in [0.2, 0.25) is 0 Å². The summed E-state index contributed by atoms with van der Waals surface area (Å²) in [6, 6.07) is 1.08. The largest absolute Gasteiger partial charge is 0.385 e. The van der Waals surface area contributed by atoms with Crippen molar-refractivity contribution in [2.75, 3.05) is 5.32 Å². The van der Waals surface area contributed by atoms with Gasteiger partial charge in [-0.2, -0.15) is 0 Å². The summed E-state index contributed by atoms with van der Waals surface area (Å²) in [5.41, 5.74) is 6.94. The van der Waals surface area contributed by atoms with Crippen LogP contribution in [0.5, 0.6) is 0 Å². The van der Waals surface area contributed by atoms with Gasteiger partial charge in [-0.15, -0.1) is 15.7 Å². The van der Waals surface area contributed by atoms with E-state index in [1.165, 1.54) is 27.8 Å². The van der Waals surface area contributed by atoms with Gasteiger partial charge in [0.15, 0.2) is 9.92 Å². The number of benzene rings is 1. The van der Waals surface area contributed by atoms with E-state index in [4.69, 9.17) is 5.14 Å². The van der Waals surface area contributed by atoms with Crippen molar-refractivity contribution in [2.24, 2.45) is 9.50 Å². The molecule has 0 spiro atoms. The van der Waals surface area contributed by atoms with Crippen LogP contribution in [0.15, 0.2) is 14.6 Å². The van der Waals surface area contributed by atoms with Gasteiger partial charge in [0.1, 0.15) is 12.1 Å². The van der Waals surface area contributed by atoms with Crippen molar-refractivity contribution in [3.05, 3.63) is 38.8 Å². The minimum absolute atomic E-state index is 0.328. The molecule has 4 N–H and O–H groups in total. The van der Waals surface area contributed by atoms with Crippen LogP contribution in [-0.2, 0) is 41.2 Å². The zero-order valence-electron chi connectivity index (χ0n) is 17.9. The summed E-state index contributed by atoms with van der Waals surface area (Å²) in [5, 5.41) is 19.2. The molecule has 2 amide bonds. The Balaban J connectivity index is 1.70. The molecule has 0 aliphatic heterocycles. The van der Waals surface area contributed by atoms with Gasteiger partial charge in [0.25, 0.3) is 0 Å². The number of urea groups is 1. The predicted molar refractivity (Wildman–Crippen MR) is 125 cm³/mol. The van der Waals surface area contributed by atoms with E-state index in [0.717, 1.165) is 55.5 Å². The number of hydrogen-bond donors (Lipinski definition) is 3. The Kier molecular flexibility index (Phi) is 5.37. The predicted octanol–water partition coefficient (Wildman–Crippen LogP) is 2.45. The molecule has 1 atom stereocenters. The highest BCUT2D eigenvalue weighted by Crippen LogP contribution is 2.41. The van der Waals surface area contributed by atoms with E-state index < -0.39 is 21.5 Å². The van der Waals surface area contributed by atoms with Gasteiger partial charge in [-0.05, 0) is 87.1 Å². The Labute approximate surface area is 183 Å². The van der Waals surface area contributed by atoms with Crippen molar-refractivity contribution in [2.45, 2.75) is 69.1 Å². The second kappa shape index (κ2) is 7.48. The number of aliphatic hydroxyl groups is 1. The average molecular weight is 445 g/mol. The molecule has 1 aromatic heterocycles. The van der Waals surface area contributed by atoms with E-state index >= 15 is 0 Å². The van der Waals surface area contributed by atoms with Crippen molar-refractivity contribution < 1.29 is 14.1 Å². The number of fused-ring (bicyclic) bond motifs is 2. The highest BCUT2D eigenvalue weighted by Gasteiger charge is 2.28. The maximum atomic E-state index is 13.2. The highest BCUT2D eigenvalue weighted by atomic mass is 32.2. The molecule has 1 heterocycles. The van der Waals surface area contributed by atoms with Gasteiger partial charge in [-0.1, -0.05) is 11.5 Å². The molecule has 9 heteroatoms. The molecule has 2 aromatic rings. The van der Waals surface area contributed by atoms with Gasteiger partial charge in [-0.3, -0.25) is 0 Å². The summed E-state index contributed by atoms with van der Waals surface area (Å²) in [6.45, 7) is 5.50. The van der Waals surface area contributed by atoms with Gasteiger partial charge in [0, 0.05) is 10.6 Å². The number of nitrogens with two attached hydrogens (primary N) is 1. The molecule has 0 saturated heterocycles. The van der Waals surface area contributed by atoms with Crippen LogP contribution < -0.4 is 15.9 Å². The smallest absolute Gasteiger partial charge is 0.354 e. The zero-order valence-corrected chi connectivity index (χ0v) is 19.6. The molecule has 2 aliphatic carbocycles. The first-order chi connectivity index (χ1) is 14.0. The third-order valence-corrected chi connectivity index (χ3v) is 9.74. The van der Waals surface area contributed by atoms with Crippen LogP contribution in [0.25, 0.3) is 0 Å². The fourth-order valence-electron chi connectivity index (χ4n) is 4.73. The number of amides is 2. The molecular weight excluding hydrogens is 417 g/mol. The summed E-state index contributed by atoms with van der Waals surface area (Å²) in [4.78, 5) is 13.5. The third kappa shape index (κ3) is 3.72. The van der Waals surface area contributed by atoms with Gasteiger partial charge in [0.05, 0.1) is 5.60 Å². The van der Waals surface area contributed by atoms with E-state index in [-0.39, 0.29) is 0 Å². The molecule has 2 aliphatic rings. The SMILES string of the molecule is Bc1cc(C(C)(C)O)sc1S(N)(=O)=NC(=O)Nc1c2c(c(C)c3c1CCC3)CCC2. The second-order valence-electron chi connectivity index (χ2n) is 8.85. The second-order valence-corrected chi connectivity index (χ2v) is 11.9. The monoisotopic (exact) mass is 445 g/mol. The van der Waals surface area contributed by atoms with Crippen molar-refractivity contribution in [1.82, 2.24) is 0 Å². The first-order valence-electron chi connectivity index (χ1n) is 10.3. The molecule has 6 nitrogen and oxygen atoms in total. The van der Waals surface area contributed by atoms with E-state index in [1.807, 2.05) is 0 Å². The van der Waals surface area contributed by atoms with Crippen LogP contribution in [-0.4, -0.2) is 23.2 Å². The van der Waals surface area contributed by atoms with Crippen molar-refractivity contribution >= 4 is 46.3 Å². The third-order valence-electron chi connectivity index (χ3n) is 6.14. The van der Waals surface area contributed by atoms with Crippen molar-refractivity contribution in [1.29, 1.82) is 0 Å². The molecule has 0 fully saturated rings. The summed E-state index contributed by atoms with van der Waals surface area (Å²) in [6.07, 6.45) is 6.13. The topological polar surface area (TPSA) is 105 Å². The number of thiophene rings is 1. The van der Waals surface area contributed by atoms with E-state index in [2.05, 4.69) is 16.6 Å². The minimum atomic E-state index is -3.42. The molecule has 160 valence electrons. The Morgan fingerprint density at radius 3 is 2.23 bits per heavy atom. The maximum absolute atomic E-state index is 13.2. The molecule has 0 saturated carbocycles. The first-order valence-corrected chi connectivity index (χ1v) is 12.7. The molecule has 0 bridgehead atoms. The lowest BCUT2D eigenvalue weighted by atomic mass is 9.93. The van der Waals surface area contributed by atoms with E-state index in [0.29, 0.717) is 14.5 Å². The number of nitrogens with zero attached hydrogens (tertiary/aromatic N) is 1. The standard InChI is InChI=1S/C21H28BN3O3S2/c1-11-12-6-4-8-14(12)18(15-9-5-7-13(11)15)24-20(26)25-30(23,28)19-16(22)10-17(29-19)21(2,3)27/h10,27H,4-9,22H2,1-3H3,(H3,23,24,25,26,28). The Morgan fingerprint density at radius 2 is 1.73 bits per heavy atom. The molecule has 30 heavy (non-hydrogen) atoms. The van der Waals surface area contributed by atoms with Crippen molar-refractivity contribution in [3.63, 3.8) is 0 Å². The summed E-state index contributed by atoms with van der Waals surface area (Å²) in [7, 11) is -1.65. The Bertz CT molecular complexity index is 1140. The molecule has 1 unspecified atom stereocenters. The van der Waals surface area contributed by atoms with Crippen LogP contribution in [0.3, 0.4) is 0 Å². The normalized spacial score (nSPS) is 17.4. The quantitative estimate of drug-likeness (QED) is 0.632. The molecular formula is C21H28BN3O3S2. The highest BCUT2D eigenvalue weighted by molar-refractivity contribution is 7.94. The number of nitrogens with one attached hydrogen (secondary N) is 1. The van der Waals surface area contributed by atoms with Crippen LogP contribution >= 0.6 is 11.3 Å². The molecule has 0 radical (unpaired) electrons. The number of rotatable bonds is 3. The van der Waals surface area contributed by atoms with Gasteiger partial charge in [0.2, 0.25) is 0 Å². The van der Waals surface area contributed by atoms with Gasteiger partial charge in [-0.25, -0.2) is 14.1 Å². The number of carbonyl (C=O) groups is 1. The lowest BCUT2D eigenvalue weighted by molar-refractivity contribution is 0.0826. The fourth-order valence-corrected chi connectivity index (χ4v) is 7.39. The number of anilines is 1. The molecule has 1 aromatic carbocycles. The van der Waals surface area contributed by atoms with Crippen LogP contribution in [0, 0.1) is 6.92 Å².